The molecule has 2 rings (SSSR count). The summed E-state index contributed by atoms with van der Waals surface area (Å²) in [5.74, 6) is -0.847. The Morgan fingerprint density at radius 1 is 1.22 bits per heavy atom. The maximum atomic E-state index is 13.1. The van der Waals surface area contributed by atoms with Crippen LogP contribution < -0.4 is 5.32 Å². The van der Waals surface area contributed by atoms with E-state index in [-0.39, 0.29) is 12.1 Å². The van der Waals surface area contributed by atoms with Crippen molar-refractivity contribution in [2.24, 2.45) is 0 Å². The Bertz CT molecular complexity index is 435. The van der Waals surface area contributed by atoms with Gasteiger partial charge in [-0.25, -0.2) is 4.39 Å². The van der Waals surface area contributed by atoms with E-state index in [1.165, 1.54) is 0 Å². The Balaban J connectivity index is 2.10. The molecule has 0 saturated heterocycles. The van der Waals surface area contributed by atoms with Gasteiger partial charge in [-0.1, -0.05) is 0 Å². The van der Waals surface area contributed by atoms with Crippen molar-refractivity contribution in [2.45, 2.75) is 44.4 Å². The molecule has 0 unspecified atom stereocenters. The Kier molecular flexibility index (Phi) is 3.36. The molecule has 0 aliphatic heterocycles. The number of alkyl halides is 3. The molecule has 0 bridgehead atoms. The third-order valence-corrected chi connectivity index (χ3v) is 3.46. The van der Waals surface area contributed by atoms with Crippen LogP contribution in [0.2, 0.25) is 0 Å². The van der Waals surface area contributed by atoms with Crippen molar-refractivity contribution in [1.82, 2.24) is 5.32 Å². The molecule has 1 aliphatic carbocycles. The van der Waals surface area contributed by atoms with Gasteiger partial charge in [0.15, 0.2) is 0 Å². The molecule has 1 aromatic rings. The number of nitrogens with one attached hydrogen (secondary N) is 1. The van der Waals surface area contributed by atoms with E-state index in [0.29, 0.717) is 11.6 Å². The van der Waals surface area contributed by atoms with Gasteiger partial charge in [0, 0.05) is 12.1 Å². The average Bonchev–Trinajstić information content (AvgIpc) is 2.22. The quantitative estimate of drug-likeness (QED) is 0.814. The van der Waals surface area contributed by atoms with Crippen LogP contribution in [-0.2, 0) is 12.7 Å². The van der Waals surface area contributed by atoms with Gasteiger partial charge in [-0.15, -0.1) is 0 Å². The van der Waals surface area contributed by atoms with E-state index in [1.54, 1.807) is 0 Å². The smallest absolute Gasteiger partial charge is 0.307 e. The third-order valence-electron chi connectivity index (χ3n) is 3.46. The van der Waals surface area contributed by atoms with Crippen molar-refractivity contribution < 1.29 is 17.6 Å². The highest BCUT2D eigenvalue weighted by molar-refractivity contribution is 5.27. The Hall–Kier alpha value is -1.10. The first-order valence-corrected chi connectivity index (χ1v) is 5.90. The lowest BCUT2D eigenvalue weighted by Gasteiger charge is -2.39. The standard InChI is InChI=1S/C13H15F4N/c1-12(3-2-4-12)18-8-9-5-10(13(15,16)17)7-11(14)6-9/h5-7,18H,2-4,8H2,1H3. The number of halogens is 4. The largest absolute Gasteiger partial charge is 0.416 e. The lowest BCUT2D eigenvalue weighted by atomic mass is 9.78. The number of hydrogen-bond acceptors (Lipinski definition) is 1. The van der Waals surface area contributed by atoms with Crippen molar-refractivity contribution in [3.05, 3.63) is 35.1 Å². The minimum atomic E-state index is -4.50. The summed E-state index contributed by atoms with van der Waals surface area (Å²) < 4.78 is 50.7. The van der Waals surface area contributed by atoms with Gasteiger partial charge >= 0.3 is 6.18 Å². The molecule has 0 aromatic heterocycles. The van der Waals surface area contributed by atoms with Crippen molar-refractivity contribution in [2.75, 3.05) is 0 Å². The molecular weight excluding hydrogens is 246 g/mol. The van der Waals surface area contributed by atoms with Gasteiger partial charge in [0.2, 0.25) is 0 Å². The molecule has 0 spiro atoms. The molecule has 100 valence electrons. The van der Waals surface area contributed by atoms with Gasteiger partial charge in [0.05, 0.1) is 5.56 Å². The maximum Gasteiger partial charge on any atom is 0.416 e. The molecule has 1 N–H and O–H groups in total. The molecule has 1 aliphatic rings. The topological polar surface area (TPSA) is 12.0 Å². The second kappa shape index (κ2) is 4.53. The number of benzene rings is 1. The van der Waals surface area contributed by atoms with Crippen LogP contribution in [0.4, 0.5) is 17.6 Å². The van der Waals surface area contributed by atoms with Crippen LogP contribution in [0.3, 0.4) is 0 Å². The van der Waals surface area contributed by atoms with Crippen molar-refractivity contribution in [3.63, 3.8) is 0 Å². The van der Waals surface area contributed by atoms with Gasteiger partial charge in [-0.2, -0.15) is 13.2 Å². The molecule has 1 nitrogen and oxygen atoms in total. The molecule has 1 saturated carbocycles. The summed E-state index contributed by atoms with van der Waals surface area (Å²) in [5.41, 5.74) is -0.612. The minimum absolute atomic E-state index is 0.00921. The zero-order valence-electron chi connectivity index (χ0n) is 10.1. The highest BCUT2D eigenvalue weighted by Gasteiger charge is 2.33. The minimum Gasteiger partial charge on any atom is -0.307 e. The van der Waals surface area contributed by atoms with Crippen LogP contribution in [0.1, 0.15) is 37.3 Å². The van der Waals surface area contributed by atoms with E-state index in [9.17, 15) is 17.6 Å². The van der Waals surface area contributed by atoms with E-state index < -0.39 is 17.6 Å². The van der Waals surface area contributed by atoms with Crippen LogP contribution in [0, 0.1) is 5.82 Å². The van der Waals surface area contributed by atoms with Crippen LogP contribution in [0.15, 0.2) is 18.2 Å². The van der Waals surface area contributed by atoms with Gasteiger partial charge in [-0.3, -0.25) is 0 Å². The summed E-state index contributed by atoms with van der Waals surface area (Å²) in [4.78, 5) is 0. The van der Waals surface area contributed by atoms with Gasteiger partial charge in [0.1, 0.15) is 5.82 Å². The fraction of sp³-hybridized carbons (Fsp3) is 0.538. The Labute approximate surface area is 103 Å². The van der Waals surface area contributed by atoms with Crippen molar-refractivity contribution >= 4 is 0 Å². The highest BCUT2D eigenvalue weighted by Crippen LogP contribution is 2.32. The lowest BCUT2D eigenvalue weighted by molar-refractivity contribution is -0.137. The summed E-state index contributed by atoms with van der Waals surface area (Å²) in [6, 6.07) is 2.66. The van der Waals surface area contributed by atoms with Crippen molar-refractivity contribution in [3.8, 4) is 0 Å². The number of hydrogen-bond donors (Lipinski definition) is 1. The molecule has 5 heteroatoms. The molecule has 1 fully saturated rings. The predicted octanol–water partition coefficient (Wildman–Crippen LogP) is 3.88. The maximum absolute atomic E-state index is 13.1. The van der Waals surface area contributed by atoms with Crippen LogP contribution in [0.5, 0.6) is 0 Å². The average molecular weight is 261 g/mol. The summed E-state index contributed by atoms with van der Waals surface area (Å²) in [6.45, 7) is 2.29. The molecule has 0 atom stereocenters. The monoisotopic (exact) mass is 261 g/mol. The fourth-order valence-corrected chi connectivity index (χ4v) is 2.12. The van der Waals surface area contributed by atoms with Crippen LogP contribution in [-0.4, -0.2) is 5.54 Å². The van der Waals surface area contributed by atoms with E-state index >= 15 is 0 Å². The molecule has 0 heterocycles. The van der Waals surface area contributed by atoms with E-state index in [2.05, 4.69) is 5.32 Å². The first-order valence-electron chi connectivity index (χ1n) is 5.90. The zero-order valence-corrected chi connectivity index (χ0v) is 10.1. The number of rotatable bonds is 3. The Morgan fingerprint density at radius 3 is 2.39 bits per heavy atom. The first-order chi connectivity index (χ1) is 8.28. The third kappa shape index (κ3) is 3.02. The summed E-state index contributed by atoms with van der Waals surface area (Å²) in [5, 5.41) is 3.18. The molecule has 1 aromatic carbocycles. The van der Waals surface area contributed by atoms with Crippen molar-refractivity contribution in [1.29, 1.82) is 0 Å². The Morgan fingerprint density at radius 2 is 1.89 bits per heavy atom. The summed E-state index contributed by atoms with van der Waals surface area (Å²) in [7, 11) is 0. The summed E-state index contributed by atoms with van der Waals surface area (Å²) in [6.07, 6.45) is -1.36. The van der Waals surface area contributed by atoms with Crippen LogP contribution in [0.25, 0.3) is 0 Å². The zero-order chi connectivity index (χ0) is 13.4. The highest BCUT2D eigenvalue weighted by atomic mass is 19.4. The van der Waals surface area contributed by atoms with Gasteiger partial charge in [0.25, 0.3) is 0 Å². The van der Waals surface area contributed by atoms with Gasteiger partial charge < -0.3 is 5.32 Å². The summed E-state index contributed by atoms with van der Waals surface area (Å²) >= 11 is 0. The lowest BCUT2D eigenvalue weighted by Crippen LogP contribution is -2.47. The second-order valence-electron chi connectivity index (χ2n) is 5.11. The fourth-order valence-electron chi connectivity index (χ4n) is 2.12. The van der Waals surface area contributed by atoms with E-state index in [4.69, 9.17) is 0 Å². The second-order valence-corrected chi connectivity index (χ2v) is 5.11. The predicted molar refractivity (Wildman–Crippen MR) is 60.5 cm³/mol. The molecular formula is C13H15F4N. The van der Waals surface area contributed by atoms with E-state index in [0.717, 1.165) is 31.4 Å². The molecule has 0 amide bonds. The van der Waals surface area contributed by atoms with E-state index in [1.807, 2.05) is 6.92 Å². The first kappa shape index (κ1) is 13.3. The van der Waals surface area contributed by atoms with Gasteiger partial charge in [-0.05, 0) is 49.9 Å². The van der Waals surface area contributed by atoms with Crippen LogP contribution >= 0.6 is 0 Å². The normalized spacial score (nSPS) is 18.5. The molecule has 18 heavy (non-hydrogen) atoms. The molecule has 0 radical (unpaired) electrons. The SMILES string of the molecule is CC1(NCc2cc(F)cc(C(F)(F)F)c2)CCC1.